The van der Waals surface area contributed by atoms with Gasteiger partial charge in [0.25, 0.3) is 5.91 Å². The molecule has 3 N–H and O–H groups in total. The third-order valence-electron chi connectivity index (χ3n) is 5.02. The SMILES string of the molecule is CCCCC[C@H](CN(O)C=O)C(=O)NCNC(=O)c1cc(C(F)(F)F)cc(-c2ccccc2)n1. The number of benzene rings is 1. The van der Waals surface area contributed by atoms with Crippen LogP contribution in [0.1, 0.15) is 48.7 Å². The van der Waals surface area contributed by atoms with Gasteiger partial charge >= 0.3 is 6.18 Å². The summed E-state index contributed by atoms with van der Waals surface area (Å²) in [4.78, 5) is 39.7. The Labute approximate surface area is 195 Å². The Hall–Kier alpha value is -3.47. The summed E-state index contributed by atoms with van der Waals surface area (Å²) in [6.45, 7) is 1.40. The van der Waals surface area contributed by atoms with E-state index in [-0.39, 0.29) is 25.3 Å². The van der Waals surface area contributed by atoms with E-state index in [0.29, 0.717) is 29.5 Å². The maximum atomic E-state index is 13.4. The Bertz CT molecular complexity index is 970. The molecule has 3 amide bonds. The Balaban J connectivity index is 2.09. The average molecular weight is 480 g/mol. The molecule has 1 aromatic carbocycles. The van der Waals surface area contributed by atoms with E-state index in [1.54, 1.807) is 30.3 Å². The molecule has 0 spiro atoms. The van der Waals surface area contributed by atoms with E-state index in [4.69, 9.17) is 0 Å². The molecule has 0 unspecified atom stereocenters. The highest BCUT2D eigenvalue weighted by molar-refractivity contribution is 5.93. The van der Waals surface area contributed by atoms with Crippen LogP contribution in [0.5, 0.6) is 0 Å². The average Bonchev–Trinajstić information content (AvgIpc) is 2.82. The number of hydroxylamine groups is 2. The van der Waals surface area contributed by atoms with Crippen molar-refractivity contribution in [3.8, 4) is 11.3 Å². The van der Waals surface area contributed by atoms with Crippen LogP contribution in [0.3, 0.4) is 0 Å². The van der Waals surface area contributed by atoms with Crippen molar-refractivity contribution < 1.29 is 32.8 Å². The maximum absolute atomic E-state index is 13.4. The van der Waals surface area contributed by atoms with E-state index in [9.17, 15) is 32.8 Å². The highest BCUT2D eigenvalue weighted by atomic mass is 19.4. The number of alkyl halides is 3. The topological polar surface area (TPSA) is 112 Å². The first-order chi connectivity index (χ1) is 16.2. The molecule has 0 aliphatic rings. The monoisotopic (exact) mass is 480 g/mol. The lowest BCUT2D eigenvalue weighted by atomic mass is 10.0. The van der Waals surface area contributed by atoms with E-state index >= 15 is 0 Å². The first kappa shape index (κ1) is 26.8. The fraction of sp³-hybridized carbons (Fsp3) is 0.391. The van der Waals surface area contributed by atoms with Gasteiger partial charge in [-0.2, -0.15) is 13.2 Å². The molecule has 0 bridgehead atoms. The second kappa shape index (κ2) is 12.7. The van der Waals surface area contributed by atoms with Crippen LogP contribution in [0.4, 0.5) is 13.2 Å². The summed E-state index contributed by atoms with van der Waals surface area (Å²) in [7, 11) is 0. The molecular weight excluding hydrogens is 453 g/mol. The number of amides is 3. The molecule has 8 nitrogen and oxygen atoms in total. The van der Waals surface area contributed by atoms with Gasteiger partial charge in [-0.1, -0.05) is 56.5 Å². The van der Waals surface area contributed by atoms with Crippen LogP contribution in [0, 0.1) is 5.92 Å². The number of pyridine rings is 1. The second-order valence-corrected chi connectivity index (χ2v) is 7.63. The fourth-order valence-corrected chi connectivity index (χ4v) is 3.23. The zero-order valence-electron chi connectivity index (χ0n) is 18.6. The lowest BCUT2D eigenvalue weighted by Crippen LogP contribution is -2.43. The zero-order chi connectivity index (χ0) is 25.1. The summed E-state index contributed by atoms with van der Waals surface area (Å²) < 4.78 is 40.1. The third-order valence-corrected chi connectivity index (χ3v) is 5.02. The molecule has 0 saturated carbocycles. The third kappa shape index (κ3) is 8.14. The van der Waals surface area contributed by atoms with Crippen LogP contribution < -0.4 is 10.6 Å². The van der Waals surface area contributed by atoms with Gasteiger partial charge in [0.2, 0.25) is 12.3 Å². The van der Waals surface area contributed by atoms with Crippen molar-refractivity contribution in [1.29, 1.82) is 0 Å². The van der Waals surface area contributed by atoms with Crippen LogP contribution in [0.2, 0.25) is 0 Å². The van der Waals surface area contributed by atoms with Gasteiger partial charge in [-0.3, -0.25) is 19.6 Å². The summed E-state index contributed by atoms with van der Waals surface area (Å²) in [6.07, 6.45) is -1.62. The first-order valence-electron chi connectivity index (χ1n) is 10.8. The quantitative estimate of drug-likeness (QED) is 0.141. The van der Waals surface area contributed by atoms with Gasteiger partial charge in [0.1, 0.15) is 5.69 Å². The number of carbonyl (C=O) groups excluding carboxylic acids is 3. The van der Waals surface area contributed by atoms with E-state index in [1.165, 1.54) is 0 Å². The van der Waals surface area contributed by atoms with Gasteiger partial charge in [0.05, 0.1) is 30.4 Å². The van der Waals surface area contributed by atoms with Crippen LogP contribution in [0.25, 0.3) is 11.3 Å². The molecule has 34 heavy (non-hydrogen) atoms. The lowest BCUT2D eigenvalue weighted by molar-refractivity contribution is -0.154. The van der Waals surface area contributed by atoms with Gasteiger partial charge in [0.15, 0.2) is 0 Å². The van der Waals surface area contributed by atoms with Crippen molar-refractivity contribution in [2.45, 2.75) is 38.8 Å². The van der Waals surface area contributed by atoms with E-state index in [1.807, 2.05) is 6.92 Å². The van der Waals surface area contributed by atoms with Crippen molar-refractivity contribution in [3.05, 3.63) is 53.7 Å². The number of aromatic nitrogens is 1. The highest BCUT2D eigenvalue weighted by Gasteiger charge is 2.32. The molecule has 0 radical (unpaired) electrons. The number of unbranched alkanes of at least 4 members (excludes halogenated alkanes) is 2. The smallest absolute Gasteiger partial charge is 0.338 e. The summed E-state index contributed by atoms with van der Waals surface area (Å²) >= 11 is 0. The van der Waals surface area contributed by atoms with Gasteiger partial charge in [-0.15, -0.1) is 0 Å². The van der Waals surface area contributed by atoms with E-state index < -0.39 is 35.2 Å². The lowest BCUT2D eigenvalue weighted by Gasteiger charge is -2.19. The molecule has 11 heteroatoms. The summed E-state index contributed by atoms with van der Waals surface area (Å²) in [5.41, 5.74) is -1.08. The molecule has 1 atom stereocenters. The molecule has 2 aromatic rings. The molecule has 2 rings (SSSR count). The number of hydrogen-bond donors (Lipinski definition) is 3. The van der Waals surface area contributed by atoms with Gasteiger partial charge in [-0.05, 0) is 18.6 Å². The molecule has 0 saturated heterocycles. The second-order valence-electron chi connectivity index (χ2n) is 7.63. The van der Waals surface area contributed by atoms with Crippen LogP contribution in [0.15, 0.2) is 42.5 Å². The summed E-state index contributed by atoms with van der Waals surface area (Å²) in [6, 6.07) is 9.64. The molecule has 184 valence electrons. The maximum Gasteiger partial charge on any atom is 0.416 e. The van der Waals surface area contributed by atoms with Crippen molar-refractivity contribution in [3.63, 3.8) is 0 Å². The molecule has 1 aromatic heterocycles. The number of hydrogen-bond acceptors (Lipinski definition) is 5. The number of nitrogens with one attached hydrogen (secondary N) is 2. The number of halogens is 3. The predicted molar refractivity (Wildman–Crippen MR) is 117 cm³/mol. The normalized spacial score (nSPS) is 12.0. The summed E-state index contributed by atoms with van der Waals surface area (Å²) in [5.74, 6) is -2.13. The number of carbonyl (C=O) groups is 3. The molecule has 1 heterocycles. The van der Waals surface area contributed by atoms with Crippen molar-refractivity contribution >= 4 is 18.2 Å². The van der Waals surface area contributed by atoms with Crippen molar-refractivity contribution in [2.24, 2.45) is 5.92 Å². The van der Waals surface area contributed by atoms with Gasteiger partial charge in [-0.25, -0.2) is 10.0 Å². The van der Waals surface area contributed by atoms with Gasteiger partial charge < -0.3 is 10.6 Å². The number of nitrogens with zero attached hydrogens (tertiary/aromatic N) is 2. The van der Waals surface area contributed by atoms with Crippen LogP contribution in [-0.2, 0) is 15.8 Å². The van der Waals surface area contributed by atoms with Crippen molar-refractivity contribution in [1.82, 2.24) is 20.7 Å². The van der Waals surface area contributed by atoms with Crippen LogP contribution in [-0.4, -0.2) is 46.7 Å². The Morgan fingerprint density at radius 3 is 2.47 bits per heavy atom. The Morgan fingerprint density at radius 2 is 1.85 bits per heavy atom. The van der Waals surface area contributed by atoms with E-state index in [0.717, 1.165) is 18.9 Å². The Morgan fingerprint density at radius 1 is 1.15 bits per heavy atom. The minimum Gasteiger partial charge on any atom is -0.338 e. The highest BCUT2D eigenvalue weighted by Crippen LogP contribution is 2.32. The minimum atomic E-state index is -4.68. The zero-order valence-corrected chi connectivity index (χ0v) is 18.6. The van der Waals surface area contributed by atoms with Crippen LogP contribution >= 0.6 is 0 Å². The summed E-state index contributed by atoms with van der Waals surface area (Å²) in [5, 5.41) is 14.6. The Kier molecular flexibility index (Phi) is 9.99. The molecule has 0 aliphatic carbocycles. The van der Waals surface area contributed by atoms with Gasteiger partial charge in [0, 0.05) is 5.56 Å². The standard InChI is InChI=1S/C23H27F3N4O4/c1-2-3-5-10-17(13-30(34)15-31)21(32)27-14-28-22(33)20-12-18(23(24,25)26)11-19(29-20)16-8-6-4-7-9-16/h4,6-9,11-12,15,17,34H,2-3,5,10,13-14H2,1H3,(H,27,32)(H,28,33)/t17-/m1/s1. The minimum absolute atomic E-state index is 0.0162. The largest absolute Gasteiger partial charge is 0.416 e. The number of rotatable bonds is 12. The molecule has 0 aliphatic heterocycles. The predicted octanol–water partition coefficient (Wildman–Crippen LogP) is 3.62. The van der Waals surface area contributed by atoms with E-state index in [2.05, 4.69) is 15.6 Å². The molecular formula is C23H27F3N4O4. The molecule has 0 fully saturated rings. The fourth-order valence-electron chi connectivity index (χ4n) is 3.23. The first-order valence-corrected chi connectivity index (χ1v) is 10.8. The van der Waals surface area contributed by atoms with Crippen molar-refractivity contribution in [2.75, 3.05) is 13.2 Å².